The summed E-state index contributed by atoms with van der Waals surface area (Å²) in [6, 6.07) is 9.94. The fourth-order valence-electron chi connectivity index (χ4n) is 3.88. The molecule has 7 heteroatoms. The lowest BCUT2D eigenvalue weighted by molar-refractivity contribution is 0.0696. The topological polar surface area (TPSA) is 104 Å². The number of hydrogen-bond donors (Lipinski definition) is 3. The van der Waals surface area contributed by atoms with Gasteiger partial charge in [-0.25, -0.2) is 9.59 Å². The lowest BCUT2D eigenvalue weighted by Crippen LogP contribution is -2.20. The lowest BCUT2D eigenvalue weighted by atomic mass is 10.1. The summed E-state index contributed by atoms with van der Waals surface area (Å²) in [5, 5.41) is 11.9. The SMILES string of the molecule is Cc1ccc(C(=O)O)cc1NC(=O)c1ccc2c(c1)[nH]c(=O)n2C1CCCC1. The van der Waals surface area contributed by atoms with Crippen molar-refractivity contribution in [3.8, 4) is 0 Å². The first-order chi connectivity index (χ1) is 13.4. The number of aromatic carboxylic acids is 1. The molecule has 0 atom stereocenters. The van der Waals surface area contributed by atoms with Gasteiger partial charge >= 0.3 is 11.7 Å². The number of carbonyl (C=O) groups is 2. The summed E-state index contributed by atoms with van der Waals surface area (Å²) in [5.74, 6) is -1.41. The standard InChI is InChI=1S/C21H21N3O4/c1-12-6-7-14(20(26)27)11-16(12)22-19(25)13-8-9-18-17(10-13)23-21(28)24(18)15-4-2-3-5-15/h6-11,15H,2-5H2,1H3,(H,22,25)(H,23,28)(H,26,27). The number of fused-ring (bicyclic) bond motifs is 1. The molecule has 1 saturated carbocycles. The van der Waals surface area contributed by atoms with Crippen LogP contribution in [-0.4, -0.2) is 26.5 Å². The van der Waals surface area contributed by atoms with E-state index in [0.717, 1.165) is 36.8 Å². The Hall–Kier alpha value is -3.35. The first-order valence-electron chi connectivity index (χ1n) is 9.33. The van der Waals surface area contributed by atoms with E-state index >= 15 is 0 Å². The average molecular weight is 379 g/mol. The molecule has 1 aliphatic rings. The Morgan fingerprint density at radius 1 is 1.11 bits per heavy atom. The van der Waals surface area contributed by atoms with Gasteiger partial charge in [-0.05, 0) is 55.7 Å². The van der Waals surface area contributed by atoms with E-state index in [-0.39, 0.29) is 23.2 Å². The van der Waals surface area contributed by atoms with Crippen LogP contribution in [0.1, 0.15) is 58.0 Å². The van der Waals surface area contributed by atoms with Crippen molar-refractivity contribution in [3.63, 3.8) is 0 Å². The number of nitrogens with zero attached hydrogens (tertiary/aromatic N) is 1. The van der Waals surface area contributed by atoms with E-state index in [4.69, 9.17) is 5.11 Å². The van der Waals surface area contributed by atoms with E-state index in [2.05, 4.69) is 10.3 Å². The Bertz CT molecular complexity index is 1140. The van der Waals surface area contributed by atoms with Crippen molar-refractivity contribution in [2.24, 2.45) is 0 Å². The highest BCUT2D eigenvalue weighted by Crippen LogP contribution is 2.30. The summed E-state index contributed by atoms with van der Waals surface area (Å²) < 4.78 is 1.80. The molecule has 3 aromatic rings. The molecule has 3 N–H and O–H groups in total. The zero-order chi connectivity index (χ0) is 19.8. The van der Waals surface area contributed by atoms with Gasteiger partial charge in [0.1, 0.15) is 0 Å². The second-order valence-electron chi connectivity index (χ2n) is 7.26. The molecule has 0 aliphatic heterocycles. The number of nitrogens with one attached hydrogen (secondary N) is 2. The van der Waals surface area contributed by atoms with Crippen LogP contribution in [0.2, 0.25) is 0 Å². The third-order valence-electron chi connectivity index (χ3n) is 5.40. The molecule has 1 heterocycles. The van der Waals surface area contributed by atoms with Gasteiger partial charge in [-0.3, -0.25) is 9.36 Å². The number of imidazole rings is 1. The Kier molecular flexibility index (Phi) is 4.50. The minimum atomic E-state index is -1.05. The number of aromatic nitrogens is 2. The summed E-state index contributed by atoms with van der Waals surface area (Å²) in [6.45, 7) is 1.80. The van der Waals surface area contributed by atoms with Crippen LogP contribution in [-0.2, 0) is 0 Å². The minimum Gasteiger partial charge on any atom is -0.478 e. The van der Waals surface area contributed by atoms with Crippen molar-refractivity contribution in [3.05, 3.63) is 63.6 Å². The van der Waals surface area contributed by atoms with Gasteiger partial charge in [0.2, 0.25) is 0 Å². The maximum Gasteiger partial charge on any atom is 0.335 e. The van der Waals surface area contributed by atoms with Crippen molar-refractivity contribution in [2.45, 2.75) is 38.6 Å². The zero-order valence-electron chi connectivity index (χ0n) is 15.5. The van der Waals surface area contributed by atoms with Crippen LogP contribution in [0.5, 0.6) is 0 Å². The first-order valence-corrected chi connectivity index (χ1v) is 9.33. The molecule has 0 unspecified atom stereocenters. The van der Waals surface area contributed by atoms with Gasteiger partial charge in [-0.15, -0.1) is 0 Å². The van der Waals surface area contributed by atoms with Crippen LogP contribution in [0, 0.1) is 6.92 Å². The highest BCUT2D eigenvalue weighted by atomic mass is 16.4. The molecule has 1 amide bonds. The number of carboxylic acid groups (broad SMARTS) is 1. The Morgan fingerprint density at radius 2 is 1.82 bits per heavy atom. The molecule has 144 valence electrons. The van der Waals surface area contributed by atoms with E-state index in [1.165, 1.54) is 12.1 Å². The van der Waals surface area contributed by atoms with Gasteiger partial charge in [0.15, 0.2) is 0 Å². The Labute approximate surface area is 161 Å². The number of benzene rings is 2. The molecular weight excluding hydrogens is 358 g/mol. The van der Waals surface area contributed by atoms with Crippen LogP contribution in [0.3, 0.4) is 0 Å². The highest BCUT2D eigenvalue weighted by molar-refractivity contribution is 6.06. The van der Waals surface area contributed by atoms with Crippen LogP contribution >= 0.6 is 0 Å². The van der Waals surface area contributed by atoms with Gasteiger partial charge in [0.25, 0.3) is 5.91 Å². The summed E-state index contributed by atoms with van der Waals surface area (Å²) in [4.78, 5) is 39.1. The molecule has 2 aromatic carbocycles. The van der Waals surface area contributed by atoms with Crippen LogP contribution < -0.4 is 11.0 Å². The molecular formula is C21H21N3O4. The predicted molar refractivity (Wildman–Crippen MR) is 106 cm³/mol. The minimum absolute atomic E-state index is 0.106. The average Bonchev–Trinajstić information content (AvgIpc) is 3.29. The molecule has 0 radical (unpaired) electrons. The summed E-state index contributed by atoms with van der Waals surface area (Å²) in [6.07, 6.45) is 4.24. The summed E-state index contributed by atoms with van der Waals surface area (Å²) >= 11 is 0. The maximum atomic E-state index is 12.7. The number of hydrogen-bond acceptors (Lipinski definition) is 3. The monoisotopic (exact) mass is 379 g/mol. The molecule has 4 rings (SSSR count). The number of aromatic amines is 1. The second kappa shape index (κ2) is 6.99. The summed E-state index contributed by atoms with van der Waals surface area (Å²) in [5.41, 5.74) is 2.99. The van der Waals surface area contributed by atoms with E-state index in [9.17, 15) is 14.4 Å². The number of H-pyrrole nitrogens is 1. The molecule has 7 nitrogen and oxygen atoms in total. The van der Waals surface area contributed by atoms with Crippen LogP contribution in [0.25, 0.3) is 11.0 Å². The van der Waals surface area contributed by atoms with Gasteiger partial charge < -0.3 is 15.4 Å². The van der Waals surface area contributed by atoms with E-state index < -0.39 is 5.97 Å². The molecule has 1 aliphatic carbocycles. The van der Waals surface area contributed by atoms with Crippen molar-refractivity contribution >= 4 is 28.6 Å². The quantitative estimate of drug-likeness (QED) is 0.643. The molecule has 1 fully saturated rings. The van der Waals surface area contributed by atoms with E-state index in [0.29, 0.717) is 16.8 Å². The number of amides is 1. The first kappa shape index (κ1) is 18.0. The van der Waals surface area contributed by atoms with Gasteiger partial charge in [0.05, 0.1) is 16.6 Å². The van der Waals surface area contributed by atoms with Crippen LogP contribution in [0.4, 0.5) is 5.69 Å². The van der Waals surface area contributed by atoms with E-state index in [1.807, 2.05) is 0 Å². The lowest BCUT2D eigenvalue weighted by Gasteiger charge is -2.12. The Balaban J connectivity index is 1.64. The predicted octanol–water partition coefficient (Wildman–Crippen LogP) is 3.70. The number of anilines is 1. The fraction of sp³-hybridized carbons (Fsp3) is 0.286. The van der Waals surface area contributed by atoms with Gasteiger partial charge in [0, 0.05) is 17.3 Å². The highest BCUT2D eigenvalue weighted by Gasteiger charge is 2.21. The van der Waals surface area contributed by atoms with Crippen molar-refractivity contribution < 1.29 is 14.7 Å². The Morgan fingerprint density at radius 3 is 2.54 bits per heavy atom. The zero-order valence-corrected chi connectivity index (χ0v) is 15.5. The maximum absolute atomic E-state index is 12.7. The van der Waals surface area contributed by atoms with Gasteiger partial charge in [-0.2, -0.15) is 0 Å². The normalized spacial score (nSPS) is 14.5. The smallest absolute Gasteiger partial charge is 0.335 e. The molecule has 0 bridgehead atoms. The van der Waals surface area contributed by atoms with E-state index in [1.54, 1.807) is 35.8 Å². The number of aryl methyl sites for hydroxylation is 1. The van der Waals surface area contributed by atoms with Crippen molar-refractivity contribution in [1.29, 1.82) is 0 Å². The van der Waals surface area contributed by atoms with Crippen LogP contribution in [0.15, 0.2) is 41.2 Å². The summed E-state index contributed by atoms with van der Waals surface area (Å²) in [7, 11) is 0. The largest absolute Gasteiger partial charge is 0.478 e. The number of carboxylic acids is 1. The number of rotatable bonds is 4. The van der Waals surface area contributed by atoms with Crippen molar-refractivity contribution in [1.82, 2.24) is 9.55 Å². The fourth-order valence-corrected chi connectivity index (χ4v) is 3.88. The number of carbonyl (C=O) groups excluding carboxylic acids is 1. The third-order valence-corrected chi connectivity index (χ3v) is 5.40. The molecule has 1 aromatic heterocycles. The second-order valence-corrected chi connectivity index (χ2v) is 7.26. The van der Waals surface area contributed by atoms with Crippen molar-refractivity contribution in [2.75, 3.05) is 5.32 Å². The molecule has 0 spiro atoms. The molecule has 28 heavy (non-hydrogen) atoms. The molecule has 0 saturated heterocycles. The van der Waals surface area contributed by atoms with Gasteiger partial charge in [-0.1, -0.05) is 18.9 Å². The third kappa shape index (κ3) is 3.19.